The summed E-state index contributed by atoms with van der Waals surface area (Å²) in [7, 11) is 1.83. The largest absolute Gasteiger partial charge is 0.485 e. The van der Waals surface area contributed by atoms with E-state index in [4.69, 9.17) is 16.3 Å². The van der Waals surface area contributed by atoms with Gasteiger partial charge < -0.3 is 9.64 Å². The Bertz CT molecular complexity index is 1280. The van der Waals surface area contributed by atoms with Crippen molar-refractivity contribution in [3.05, 3.63) is 88.1 Å². The van der Waals surface area contributed by atoms with Gasteiger partial charge in [-0.1, -0.05) is 25.4 Å². The molecule has 0 amide bonds. The quantitative estimate of drug-likeness (QED) is 0.156. The topological polar surface area (TPSA) is 81.1 Å². The Kier molecular flexibility index (Phi) is 10.6. The number of aryl methyl sites for hydroxylation is 2. The number of anilines is 1. The summed E-state index contributed by atoms with van der Waals surface area (Å²) in [6, 6.07) is 4.37. The third kappa shape index (κ3) is 7.39. The van der Waals surface area contributed by atoms with E-state index in [0.29, 0.717) is 35.3 Å². The first-order valence-corrected chi connectivity index (χ1v) is 11.5. The molecule has 0 saturated carbocycles. The summed E-state index contributed by atoms with van der Waals surface area (Å²) in [5.41, 5.74) is 3.63. The van der Waals surface area contributed by atoms with Crippen LogP contribution >= 0.6 is 11.6 Å². The zero-order valence-electron chi connectivity index (χ0n) is 21.0. The number of aldehydes is 1. The molecule has 190 valence electrons. The monoisotopic (exact) mass is 515 g/mol. The predicted molar refractivity (Wildman–Crippen MR) is 136 cm³/mol. The molecule has 36 heavy (non-hydrogen) atoms. The molecule has 3 rings (SSSR count). The van der Waals surface area contributed by atoms with Crippen LogP contribution in [0.2, 0.25) is 0 Å². The van der Waals surface area contributed by atoms with Crippen molar-refractivity contribution in [2.45, 2.75) is 41.2 Å². The molecule has 7 nitrogen and oxygen atoms in total. The fourth-order valence-electron chi connectivity index (χ4n) is 3.02. The van der Waals surface area contributed by atoms with Crippen molar-refractivity contribution in [3.8, 4) is 11.4 Å². The second-order valence-corrected chi connectivity index (χ2v) is 7.80. The summed E-state index contributed by atoms with van der Waals surface area (Å²) in [4.78, 5) is 29.8. The van der Waals surface area contributed by atoms with Crippen LogP contribution in [0.25, 0.3) is 11.4 Å². The number of allylic oxidation sites excluding steroid dienone is 3. The number of pyridine rings is 2. The minimum atomic E-state index is -0.862. The third-order valence-corrected chi connectivity index (χ3v) is 5.21. The highest BCUT2D eigenvalue weighted by Gasteiger charge is 2.14. The maximum atomic E-state index is 13.9. The highest BCUT2D eigenvalue weighted by atomic mass is 35.5. The van der Waals surface area contributed by atoms with Gasteiger partial charge in [0.25, 0.3) is 0 Å². The lowest BCUT2D eigenvalue weighted by Crippen LogP contribution is -2.16. The lowest BCUT2D eigenvalue weighted by atomic mass is 10.1. The van der Waals surface area contributed by atoms with Gasteiger partial charge in [0.05, 0.1) is 17.6 Å². The van der Waals surface area contributed by atoms with Crippen molar-refractivity contribution in [1.82, 2.24) is 19.9 Å². The Labute approximate surface area is 214 Å². The molecule has 3 heterocycles. The normalized spacial score (nSPS) is 11.8. The van der Waals surface area contributed by atoms with Gasteiger partial charge in [-0.25, -0.2) is 18.7 Å². The molecule has 10 heteroatoms. The van der Waals surface area contributed by atoms with Crippen LogP contribution < -0.4 is 4.90 Å². The summed E-state index contributed by atoms with van der Waals surface area (Å²) in [5, 5.41) is -0.209. The maximum Gasteiger partial charge on any atom is 0.165 e. The first kappa shape index (κ1) is 28.5. The minimum Gasteiger partial charge on any atom is -0.485 e. The SMILES string of the molecule is C/C(=C/C(OCc1ncc(F)cc1F)=C(/Cl)C=O)N(C)c1cc(-c2ccnc(C)n2)ncc1C.CC. The molecule has 3 aromatic rings. The van der Waals surface area contributed by atoms with Crippen LogP contribution in [-0.4, -0.2) is 33.3 Å². The molecule has 0 saturated heterocycles. The van der Waals surface area contributed by atoms with Gasteiger partial charge in [0.2, 0.25) is 0 Å². The van der Waals surface area contributed by atoms with E-state index in [9.17, 15) is 13.6 Å². The van der Waals surface area contributed by atoms with Gasteiger partial charge in [-0.3, -0.25) is 14.8 Å². The molecule has 0 aliphatic rings. The average molecular weight is 516 g/mol. The van der Waals surface area contributed by atoms with Crippen LogP contribution in [0, 0.1) is 25.5 Å². The molecule has 0 N–H and O–H groups in total. The molecule has 0 aliphatic heterocycles. The zero-order chi connectivity index (χ0) is 26.8. The summed E-state index contributed by atoms with van der Waals surface area (Å²) in [6.07, 6.45) is 6.25. The molecule has 0 fully saturated rings. The summed E-state index contributed by atoms with van der Waals surface area (Å²) in [6.45, 7) is 9.17. The number of hydrogen-bond donors (Lipinski definition) is 0. The van der Waals surface area contributed by atoms with Gasteiger partial charge in [-0.05, 0) is 38.5 Å². The first-order chi connectivity index (χ1) is 17.2. The van der Waals surface area contributed by atoms with Gasteiger partial charge in [0.15, 0.2) is 12.1 Å². The number of aromatic nitrogens is 4. The highest BCUT2D eigenvalue weighted by molar-refractivity contribution is 6.39. The number of carbonyl (C=O) groups excluding carboxylic acids is 1. The molecule has 0 spiro atoms. The van der Waals surface area contributed by atoms with E-state index in [1.807, 2.05) is 38.8 Å². The van der Waals surface area contributed by atoms with Gasteiger partial charge in [0.1, 0.15) is 34.7 Å². The summed E-state index contributed by atoms with van der Waals surface area (Å²) in [5.74, 6) is -1.01. The minimum absolute atomic E-state index is 0.0184. The Morgan fingerprint density at radius 1 is 1.11 bits per heavy atom. The Hall–Kier alpha value is -3.72. The van der Waals surface area contributed by atoms with Gasteiger partial charge in [-0.15, -0.1) is 0 Å². The zero-order valence-corrected chi connectivity index (χ0v) is 21.8. The summed E-state index contributed by atoms with van der Waals surface area (Å²) >= 11 is 6.03. The Balaban J connectivity index is 0.00000222. The lowest BCUT2D eigenvalue weighted by Gasteiger charge is -2.23. The van der Waals surface area contributed by atoms with E-state index in [1.54, 1.807) is 38.4 Å². The predicted octanol–water partition coefficient (Wildman–Crippen LogP) is 6.06. The van der Waals surface area contributed by atoms with Crippen molar-refractivity contribution >= 4 is 23.6 Å². The lowest BCUT2D eigenvalue weighted by molar-refractivity contribution is -0.104. The van der Waals surface area contributed by atoms with Gasteiger partial charge in [0, 0.05) is 43.0 Å². The number of rotatable bonds is 8. The number of hydrogen-bond acceptors (Lipinski definition) is 7. The van der Waals surface area contributed by atoms with E-state index in [-0.39, 0.29) is 23.1 Å². The van der Waals surface area contributed by atoms with Crippen molar-refractivity contribution in [2.24, 2.45) is 0 Å². The van der Waals surface area contributed by atoms with E-state index in [0.717, 1.165) is 17.4 Å². The molecule has 0 aromatic carbocycles. The summed E-state index contributed by atoms with van der Waals surface area (Å²) < 4.78 is 32.6. The molecular weight excluding hydrogens is 488 g/mol. The smallest absolute Gasteiger partial charge is 0.165 e. The second-order valence-electron chi connectivity index (χ2n) is 7.39. The maximum absolute atomic E-state index is 13.9. The van der Waals surface area contributed by atoms with E-state index >= 15 is 0 Å². The molecule has 3 aromatic heterocycles. The van der Waals surface area contributed by atoms with Crippen molar-refractivity contribution in [2.75, 3.05) is 11.9 Å². The van der Waals surface area contributed by atoms with Crippen molar-refractivity contribution in [1.29, 1.82) is 0 Å². The van der Waals surface area contributed by atoms with Crippen LogP contribution in [-0.2, 0) is 16.1 Å². The average Bonchev–Trinajstić information content (AvgIpc) is 2.87. The fraction of sp³-hybridized carbons (Fsp3) is 0.269. The van der Waals surface area contributed by atoms with Crippen LogP contribution in [0.4, 0.5) is 14.5 Å². The Morgan fingerprint density at radius 3 is 2.47 bits per heavy atom. The molecule has 0 atom stereocenters. The Morgan fingerprint density at radius 2 is 1.83 bits per heavy atom. The molecule has 0 aliphatic carbocycles. The van der Waals surface area contributed by atoms with Crippen LogP contribution in [0.3, 0.4) is 0 Å². The molecule has 0 radical (unpaired) electrons. The number of carbonyl (C=O) groups is 1. The van der Waals surface area contributed by atoms with Crippen molar-refractivity contribution in [3.63, 3.8) is 0 Å². The highest BCUT2D eigenvalue weighted by Crippen LogP contribution is 2.27. The molecule has 0 unspecified atom stereocenters. The number of halogens is 3. The molecule has 0 bridgehead atoms. The molecular formula is C26H28ClF2N5O2. The van der Waals surface area contributed by atoms with Crippen LogP contribution in [0.1, 0.15) is 37.9 Å². The third-order valence-electron chi connectivity index (χ3n) is 4.93. The van der Waals surface area contributed by atoms with Crippen LogP contribution in [0.15, 0.2) is 59.4 Å². The van der Waals surface area contributed by atoms with Crippen LogP contribution in [0.5, 0.6) is 0 Å². The van der Waals surface area contributed by atoms with E-state index in [2.05, 4.69) is 19.9 Å². The second kappa shape index (κ2) is 13.4. The van der Waals surface area contributed by atoms with E-state index in [1.165, 1.54) is 0 Å². The first-order valence-electron chi connectivity index (χ1n) is 11.2. The van der Waals surface area contributed by atoms with Crippen molar-refractivity contribution < 1.29 is 18.3 Å². The van der Waals surface area contributed by atoms with Gasteiger partial charge in [-0.2, -0.15) is 0 Å². The van der Waals surface area contributed by atoms with E-state index < -0.39 is 11.6 Å². The number of nitrogens with zero attached hydrogens (tertiary/aromatic N) is 5. The number of ether oxygens (including phenoxy) is 1. The fourth-order valence-corrected chi connectivity index (χ4v) is 3.13. The van der Waals surface area contributed by atoms with Gasteiger partial charge >= 0.3 is 0 Å². The standard InChI is InChI=1S/C24H22ClF2N5O2.C2H6/c1-14-10-29-21(20-5-6-28-16(3)31-20)9-23(14)32(4)15(2)7-24(18(25)12-33)34-13-22-19(27)8-17(26)11-30-22;1-2/h5-12H,13H2,1-4H3;1-2H3/b15-7-,24-18-;.